The Bertz CT molecular complexity index is 626. The zero-order valence-corrected chi connectivity index (χ0v) is 12.3. The van der Waals surface area contributed by atoms with Gasteiger partial charge in [0, 0.05) is 10.0 Å². The molecule has 1 nitrogen and oxygen atoms in total. The summed E-state index contributed by atoms with van der Waals surface area (Å²) in [5.74, 6) is -1.71. The molecule has 2 aromatic rings. The second kappa shape index (κ2) is 5.39. The van der Waals surface area contributed by atoms with E-state index in [0.717, 1.165) is 15.6 Å². The first-order chi connectivity index (χ1) is 8.91. The second-order valence-corrected chi connectivity index (χ2v) is 5.44. The van der Waals surface area contributed by atoms with Crippen molar-refractivity contribution in [2.75, 3.05) is 0 Å². The van der Waals surface area contributed by atoms with Crippen LogP contribution in [0.1, 0.15) is 28.3 Å². The maximum atomic E-state index is 13.9. The molecule has 19 heavy (non-hydrogen) atoms. The smallest absolute Gasteiger partial charge is 0.164 e. The summed E-state index contributed by atoms with van der Waals surface area (Å²) in [7, 11) is 0. The molecule has 0 bridgehead atoms. The van der Waals surface area contributed by atoms with Gasteiger partial charge in [-0.1, -0.05) is 40.2 Å². The molecular formula is C15H14BrF2N. The Kier molecular flexibility index (Phi) is 4.02. The lowest BCUT2D eigenvalue weighted by atomic mass is 9.97. The van der Waals surface area contributed by atoms with Gasteiger partial charge in [0.1, 0.15) is 0 Å². The van der Waals surface area contributed by atoms with Crippen LogP contribution in [0.15, 0.2) is 34.8 Å². The molecule has 100 valence electrons. The second-order valence-electron chi connectivity index (χ2n) is 4.59. The van der Waals surface area contributed by atoms with E-state index in [4.69, 9.17) is 5.73 Å². The third kappa shape index (κ3) is 2.69. The van der Waals surface area contributed by atoms with Crippen molar-refractivity contribution in [2.24, 2.45) is 5.73 Å². The normalized spacial score (nSPS) is 12.5. The summed E-state index contributed by atoms with van der Waals surface area (Å²) in [6.45, 7) is 3.47. The molecule has 2 aromatic carbocycles. The van der Waals surface area contributed by atoms with E-state index < -0.39 is 17.7 Å². The molecule has 0 saturated heterocycles. The highest BCUT2D eigenvalue weighted by atomic mass is 79.9. The molecule has 2 rings (SSSR count). The summed E-state index contributed by atoms with van der Waals surface area (Å²) < 4.78 is 28.4. The van der Waals surface area contributed by atoms with E-state index in [1.807, 2.05) is 25.1 Å². The van der Waals surface area contributed by atoms with Crippen LogP contribution in [0.25, 0.3) is 0 Å². The van der Waals surface area contributed by atoms with Gasteiger partial charge in [0.15, 0.2) is 11.6 Å². The SMILES string of the molecule is Cc1ccc(C(N)c2ccc(C)c(F)c2F)cc1Br. The summed E-state index contributed by atoms with van der Waals surface area (Å²) in [4.78, 5) is 0. The summed E-state index contributed by atoms with van der Waals surface area (Å²) in [6.07, 6.45) is 0. The molecule has 1 unspecified atom stereocenters. The molecule has 2 N–H and O–H groups in total. The van der Waals surface area contributed by atoms with Crippen LogP contribution in [-0.4, -0.2) is 0 Å². The summed E-state index contributed by atoms with van der Waals surface area (Å²) in [6, 6.07) is 7.93. The van der Waals surface area contributed by atoms with Crippen molar-refractivity contribution in [3.63, 3.8) is 0 Å². The molecule has 0 aromatic heterocycles. The fourth-order valence-electron chi connectivity index (χ4n) is 1.88. The molecule has 0 radical (unpaired) electrons. The highest BCUT2D eigenvalue weighted by Crippen LogP contribution is 2.28. The van der Waals surface area contributed by atoms with Crippen LogP contribution in [0.4, 0.5) is 8.78 Å². The van der Waals surface area contributed by atoms with Gasteiger partial charge in [-0.15, -0.1) is 0 Å². The van der Waals surface area contributed by atoms with Crippen LogP contribution >= 0.6 is 15.9 Å². The van der Waals surface area contributed by atoms with E-state index in [2.05, 4.69) is 15.9 Å². The standard InChI is InChI=1S/C15H14BrF2N/c1-8-3-5-10(7-12(8)16)15(19)11-6-4-9(2)13(17)14(11)18/h3-7,15H,19H2,1-2H3. The molecule has 0 heterocycles. The molecule has 0 aliphatic carbocycles. The van der Waals surface area contributed by atoms with Gasteiger partial charge in [-0.3, -0.25) is 0 Å². The first-order valence-electron chi connectivity index (χ1n) is 5.88. The van der Waals surface area contributed by atoms with Gasteiger partial charge in [-0.05, 0) is 36.6 Å². The minimum Gasteiger partial charge on any atom is -0.320 e. The third-order valence-corrected chi connectivity index (χ3v) is 4.05. The first kappa shape index (κ1) is 14.2. The lowest BCUT2D eigenvalue weighted by molar-refractivity contribution is 0.489. The first-order valence-corrected chi connectivity index (χ1v) is 6.67. The molecule has 1 atom stereocenters. The molecule has 0 fully saturated rings. The zero-order chi connectivity index (χ0) is 14.2. The van der Waals surface area contributed by atoms with E-state index in [1.54, 1.807) is 0 Å². The third-order valence-electron chi connectivity index (χ3n) is 3.20. The Labute approximate surface area is 119 Å². The van der Waals surface area contributed by atoms with Gasteiger partial charge >= 0.3 is 0 Å². The number of hydrogen-bond acceptors (Lipinski definition) is 1. The van der Waals surface area contributed by atoms with Crippen LogP contribution in [0.3, 0.4) is 0 Å². The van der Waals surface area contributed by atoms with Gasteiger partial charge in [-0.2, -0.15) is 0 Å². The number of rotatable bonds is 2. The van der Waals surface area contributed by atoms with Crippen LogP contribution < -0.4 is 5.73 Å². The van der Waals surface area contributed by atoms with E-state index in [1.165, 1.54) is 19.1 Å². The quantitative estimate of drug-likeness (QED) is 0.870. The van der Waals surface area contributed by atoms with Crippen molar-refractivity contribution in [3.05, 3.63) is 68.7 Å². The fraction of sp³-hybridized carbons (Fsp3) is 0.200. The molecular weight excluding hydrogens is 312 g/mol. The summed E-state index contributed by atoms with van der Waals surface area (Å²) >= 11 is 3.41. The molecule has 0 saturated carbocycles. The van der Waals surface area contributed by atoms with Crippen LogP contribution in [0, 0.1) is 25.5 Å². The summed E-state index contributed by atoms with van der Waals surface area (Å²) in [5.41, 5.74) is 8.27. The highest BCUT2D eigenvalue weighted by Gasteiger charge is 2.18. The predicted molar refractivity (Wildman–Crippen MR) is 76.0 cm³/mol. The average Bonchev–Trinajstić information content (AvgIpc) is 2.39. The Morgan fingerprint density at radius 2 is 1.63 bits per heavy atom. The topological polar surface area (TPSA) is 26.0 Å². The Hall–Kier alpha value is -1.26. The van der Waals surface area contributed by atoms with Gasteiger partial charge in [0.2, 0.25) is 0 Å². The van der Waals surface area contributed by atoms with Crippen molar-refractivity contribution in [3.8, 4) is 0 Å². The molecule has 0 aliphatic rings. The van der Waals surface area contributed by atoms with Gasteiger partial charge in [0.05, 0.1) is 6.04 Å². The van der Waals surface area contributed by atoms with Crippen LogP contribution in [-0.2, 0) is 0 Å². The highest BCUT2D eigenvalue weighted by molar-refractivity contribution is 9.10. The monoisotopic (exact) mass is 325 g/mol. The van der Waals surface area contributed by atoms with Crippen molar-refractivity contribution < 1.29 is 8.78 Å². The van der Waals surface area contributed by atoms with Gasteiger partial charge < -0.3 is 5.73 Å². The van der Waals surface area contributed by atoms with E-state index >= 15 is 0 Å². The number of nitrogens with two attached hydrogens (primary N) is 1. The number of aryl methyl sites for hydroxylation is 2. The number of hydrogen-bond donors (Lipinski definition) is 1. The predicted octanol–water partition coefficient (Wildman–Crippen LogP) is 4.39. The Balaban J connectivity index is 2.47. The van der Waals surface area contributed by atoms with Crippen molar-refractivity contribution in [1.29, 1.82) is 0 Å². The molecule has 4 heteroatoms. The van der Waals surface area contributed by atoms with E-state index in [9.17, 15) is 8.78 Å². The minimum atomic E-state index is -0.871. The fourth-order valence-corrected chi connectivity index (χ4v) is 2.28. The molecule has 0 amide bonds. The van der Waals surface area contributed by atoms with Crippen molar-refractivity contribution in [1.82, 2.24) is 0 Å². The largest absolute Gasteiger partial charge is 0.320 e. The lowest BCUT2D eigenvalue weighted by Gasteiger charge is -2.15. The Morgan fingerprint density at radius 1 is 1.00 bits per heavy atom. The Morgan fingerprint density at radius 3 is 2.26 bits per heavy atom. The molecule has 0 aliphatic heterocycles. The van der Waals surface area contributed by atoms with Crippen LogP contribution in [0.5, 0.6) is 0 Å². The summed E-state index contributed by atoms with van der Waals surface area (Å²) in [5, 5.41) is 0. The number of benzene rings is 2. The maximum Gasteiger partial charge on any atom is 0.164 e. The zero-order valence-electron chi connectivity index (χ0n) is 10.7. The maximum absolute atomic E-state index is 13.9. The van der Waals surface area contributed by atoms with Crippen LogP contribution in [0.2, 0.25) is 0 Å². The molecule has 0 spiro atoms. The van der Waals surface area contributed by atoms with Gasteiger partial charge in [-0.25, -0.2) is 8.78 Å². The van der Waals surface area contributed by atoms with E-state index in [0.29, 0.717) is 0 Å². The minimum absolute atomic E-state index is 0.166. The average molecular weight is 326 g/mol. The lowest BCUT2D eigenvalue weighted by Crippen LogP contribution is -2.15. The van der Waals surface area contributed by atoms with Gasteiger partial charge in [0.25, 0.3) is 0 Å². The number of halogens is 3. The van der Waals surface area contributed by atoms with E-state index in [-0.39, 0.29) is 11.1 Å². The van der Waals surface area contributed by atoms with Crippen molar-refractivity contribution >= 4 is 15.9 Å². The van der Waals surface area contributed by atoms with Crippen molar-refractivity contribution in [2.45, 2.75) is 19.9 Å².